The monoisotopic (exact) mass is 388 g/mol. The summed E-state index contributed by atoms with van der Waals surface area (Å²) in [7, 11) is 1.70. The largest absolute Gasteiger partial charge is 1.00 e. The fourth-order valence-electron chi connectivity index (χ4n) is 2.26. The molecule has 1 aromatic carbocycles. The zero-order chi connectivity index (χ0) is 12.4. The van der Waals surface area contributed by atoms with E-state index in [1.807, 2.05) is 23.9 Å². The second-order valence-corrected chi connectivity index (χ2v) is 5.80. The molecule has 0 atom stereocenters. The highest BCUT2D eigenvalue weighted by molar-refractivity contribution is 7.99. The van der Waals surface area contributed by atoms with Crippen LogP contribution in [0.1, 0.15) is 5.56 Å². The Bertz CT molecular complexity index is 506. The standard InChI is InChI=1S/C14H17N2OS.HI/c1-17-13-5-3-12(4-6-13)11-18-14-9-15-7-2-8-16(15)10-14;/h2-8,14H,9-11H2,1H3;1H/q+1;/p-1. The van der Waals surface area contributed by atoms with E-state index in [-0.39, 0.29) is 24.0 Å². The Hall–Kier alpha value is -0.690. The number of fused-ring (bicyclic) bond motifs is 1. The van der Waals surface area contributed by atoms with E-state index in [1.165, 1.54) is 5.56 Å². The van der Waals surface area contributed by atoms with Crippen molar-refractivity contribution < 1.29 is 33.4 Å². The summed E-state index contributed by atoms with van der Waals surface area (Å²) in [5.41, 5.74) is 1.36. The molecule has 0 spiro atoms. The van der Waals surface area contributed by atoms with Gasteiger partial charge in [-0.2, -0.15) is 4.68 Å². The molecule has 1 aliphatic rings. The maximum absolute atomic E-state index is 5.17. The third kappa shape index (κ3) is 3.45. The molecule has 0 bridgehead atoms. The summed E-state index contributed by atoms with van der Waals surface area (Å²) in [6, 6.07) is 10.5. The van der Waals surface area contributed by atoms with Crippen LogP contribution in [0.15, 0.2) is 42.7 Å². The SMILES string of the molecule is COc1ccc(CSC2Cn3ccc[n+]3C2)cc1.[I-]. The van der Waals surface area contributed by atoms with E-state index in [0.29, 0.717) is 5.25 Å². The minimum atomic E-state index is 0. The van der Waals surface area contributed by atoms with Crippen LogP contribution in [0.4, 0.5) is 0 Å². The second kappa shape index (κ2) is 6.65. The topological polar surface area (TPSA) is 18.0 Å². The average molecular weight is 388 g/mol. The molecule has 0 fully saturated rings. The third-order valence-electron chi connectivity index (χ3n) is 3.27. The Morgan fingerprint density at radius 3 is 2.84 bits per heavy atom. The van der Waals surface area contributed by atoms with Gasteiger partial charge < -0.3 is 28.7 Å². The van der Waals surface area contributed by atoms with Gasteiger partial charge >= 0.3 is 0 Å². The Morgan fingerprint density at radius 2 is 2.16 bits per heavy atom. The summed E-state index contributed by atoms with van der Waals surface area (Å²) < 4.78 is 9.73. The number of benzene rings is 1. The number of ether oxygens (including phenoxy) is 1. The molecular weight excluding hydrogens is 371 g/mol. The van der Waals surface area contributed by atoms with Gasteiger partial charge in [0.05, 0.1) is 25.1 Å². The first kappa shape index (κ1) is 14.7. The van der Waals surface area contributed by atoms with E-state index >= 15 is 0 Å². The normalized spacial score (nSPS) is 16.8. The van der Waals surface area contributed by atoms with Crippen LogP contribution in [0.25, 0.3) is 0 Å². The van der Waals surface area contributed by atoms with Crippen molar-refractivity contribution in [1.82, 2.24) is 4.68 Å². The predicted molar refractivity (Wildman–Crippen MR) is 72.7 cm³/mol. The van der Waals surface area contributed by atoms with Gasteiger partial charge in [-0.15, -0.1) is 16.4 Å². The average Bonchev–Trinajstić information content (AvgIpc) is 2.97. The number of thioether (sulfide) groups is 1. The summed E-state index contributed by atoms with van der Waals surface area (Å²) in [6.45, 7) is 2.24. The molecule has 5 heteroatoms. The van der Waals surface area contributed by atoms with E-state index in [9.17, 15) is 0 Å². The molecule has 3 rings (SSSR count). The summed E-state index contributed by atoms with van der Waals surface area (Å²) >= 11 is 2.03. The zero-order valence-corrected chi connectivity index (χ0v) is 13.8. The highest BCUT2D eigenvalue weighted by Gasteiger charge is 2.27. The van der Waals surface area contributed by atoms with Gasteiger partial charge in [-0.1, -0.05) is 12.1 Å². The van der Waals surface area contributed by atoms with E-state index < -0.39 is 0 Å². The molecular formula is C14H17IN2OS. The van der Waals surface area contributed by atoms with Gasteiger partial charge in [0, 0.05) is 11.8 Å². The number of halogens is 1. The molecule has 0 saturated carbocycles. The highest BCUT2D eigenvalue weighted by atomic mass is 127. The van der Waals surface area contributed by atoms with Crippen LogP contribution in [0.3, 0.4) is 0 Å². The molecule has 0 amide bonds. The van der Waals surface area contributed by atoms with Crippen LogP contribution in [0, 0.1) is 0 Å². The first-order valence-electron chi connectivity index (χ1n) is 6.14. The number of nitrogens with zero attached hydrogens (tertiary/aromatic N) is 2. The number of rotatable bonds is 4. The van der Waals surface area contributed by atoms with Crippen molar-refractivity contribution in [2.24, 2.45) is 0 Å². The van der Waals surface area contributed by atoms with Gasteiger partial charge in [0.15, 0.2) is 12.7 Å². The Morgan fingerprint density at radius 1 is 1.37 bits per heavy atom. The minimum absolute atomic E-state index is 0. The van der Waals surface area contributed by atoms with Gasteiger partial charge in [0.2, 0.25) is 0 Å². The van der Waals surface area contributed by atoms with E-state index in [4.69, 9.17) is 4.74 Å². The lowest BCUT2D eigenvalue weighted by Gasteiger charge is -2.06. The summed E-state index contributed by atoms with van der Waals surface area (Å²) in [6.07, 6.45) is 4.29. The molecule has 1 aromatic heterocycles. The lowest BCUT2D eigenvalue weighted by atomic mass is 10.2. The number of methoxy groups -OCH3 is 1. The van der Waals surface area contributed by atoms with Gasteiger partial charge in [0.25, 0.3) is 0 Å². The van der Waals surface area contributed by atoms with Crippen molar-refractivity contribution in [3.05, 3.63) is 48.3 Å². The van der Waals surface area contributed by atoms with E-state index in [0.717, 1.165) is 24.6 Å². The fraction of sp³-hybridized carbons (Fsp3) is 0.357. The van der Waals surface area contributed by atoms with Crippen molar-refractivity contribution in [1.29, 1.82) is 0 Å². The van der Waals surface area contributed by atoms with Crippen LogP contribution in [-0.2, 0) is 18.8 Å². The lowest BCUT2D eigenvalue weighted by Crippen LogP contribution is -3.00. The van der Waals surface area contributed by atoms with Crippen molar-refractivity contribution in [2.45, 2.75) is 24.1 Å². The molecule has 2 aromatic rings. The van der Waals surface area contributed by atoms with Gasteiger partial charge in [-0.25, -0.2) is 0 Å². The maximum Gasteiger partial charge on any atom is 0.195 e. The van der Waals surface area contributed by atoms with Crippen molar-refractivity contribution in [2.75, 3.05) is 7.11 Å². The smallest absolute Gasteiger partial charge is 0.195 e. The van der Waals surface area contributed by atoms with Crippen molar-refractivity contribution >= 4 is 11.8 Å². The van der Waals surface area contributed by atoms with Gasteiger partial charge in [0.1, 0.15) is 5.75 Å². The number of hydrogen-bond donors (Lipinski definition) is 0. The molecule has 3 nitrogen and oxygen atoms in total. The summed E-state index contributed by atoms with van der Waals surface area (Å²) in [5, 5.41) is 0.688. The Labute approximate surface area is 135 Å². The third-order valence-corrected chi connectivity index (χ3v) is 4.54. The van der Waals surface area contributed by atoms with Crippen molar-refractivity contribution in [3.8, 4) is 5.75 Å². The first-order valence-corrected chi connectivity index (χ1v) is 7.19. The molecule has 102 valence electrons. The molecule has 0 unspecified atom stereocenters. The molecule has 0 radical (unpaired) electrons. The highest BCUT2D eigenvalue weighted by Crippen LogP contribution is 2.23. The minimum Gasteiger partial charge on any atom is -1.00 e. The molecule has 1 aliphatic heterocycles. The molecule has 2 heterocycles. The Kier molecular flexibility index (Phi) is 5.15. The van der Waals surface area contributed by atoms with Crippen LogP contribution < -0.4 is 33.4 Å². The number of aromatic nitrogens is 2. The Balaban J connectivity index is 0.00000133. The predicted octanol–water partition coefficient (Wildman–Crippen LogP) is -0.896. The first-order chi connectivity index (χ1) is 8.85. The van der Waals surface area contributed by atoms with Crippen molar-refractivity contribution in [3.63, 3.8) is 0 Å². The van der Waals surface area contributed by atoms with Crippen LogP contribution in [-0.4, -0.2) is 17.0 Å². The summed E-state index contributed by atoms with van der Waals surface area (Å²) in [4.78, 5) is 0. The maximum atomic E-state index is 5.17. The molecule has 19 heavy (non-hydrogen) atoms. The molecule has 0 N–H and O–H groups in total. The molecule has 0 saturated heterocycles. The second-order valence-electron chi connectivity index (χ2n) is 4.52. The summed E-state index contributed by atoms with van der Waals surface area (Å²) in [5.74, 6) is 2.00. The van der Waals surface area contributed by atoms with E-state index in [1.54, 1.807) is 7.11 Å². The molecule has 0 aliphatic carbocycles. The number of hydrogen-bond acceptors (Lipinski definition) is 2. The van der Waals surface area contributed by atoms with Crippen LogP contribution >= 0.6 is 11.8 Å². The van der Waals surface area contributed by atoms with Crippen LogP contribution in [0.5, 0.6) is 5.75 Å². The quantitative estimate of drug-likeness (QED) is 0.500. The van der Waals surface area contributed by atoms with E-state index in [2.05, 4.69) is 40.0 Å². The lowest BCUT2D eigenvalue weighted by molar-refractivity contribution is -0.757. The zero-order valence-electron chi connectivity index (χ0n) is 10.8. The fourth-order valence-corrected chi connectivity index (χ4v) is 3.39. The van der Waals surface area contributed by atoms with Gasteiger partial charge in [-0.3, -0.25) is 0 Å². The van der Waals surface area contributed by atoms with Crippen LogP contribution in [0.2, 0.25) is 0 Å². The van der Waals surface area contributed by atoms with Gasteiger partial charge in [-0.05, 0) is 17.7 Å².